The molecule has 0 aliphatic carbocycles. The Labute approximate surface area is 278 Å². The third-order valence-electron chi connectivity index (χ3n) is 7.52. The van der Waals surface area contributed by atoms with Crippen molar-refractivity contribution in [3.8, 4) is 33.4 Å². The van der Waals surface area contributed by atoms with Crippen molar-refractivity contribution in [1.82, 2.24) is 0 Å². The Balaban J connectivity index is 0.000000175. The molecule has 0 nitrogen and oxygen atoms in total. The number of hydrogen-bond acceptors (Lipinski definition) is 0. The van der Waals surface area contributed by atoms with Crippen LogP contribution in [0, 0.1) is 34.6 Å². The van der Waals surface area contributed by atoms with Gasteiger partial charge >= 0.3 is 0 Å². The quantitative estimate of drug-likeness (QED) is 0.177. The van der Waals surface area contributed by atoms with Crippen LogP contribution >= 0.6 is 0 Å². The number of benzene rings is 6. The van der Waals surface area contributed by atoms with E-state index in [0.717, 1.165) is 5.57 Å². The summed E-state index contributed by atoms with van der Waals surface area (Å²) in [6, 6.07) is 53.3. The average Bonchev–Trinajstić information content (AvgIpc) is 3.08. The normalized spacial score (nSPS) is 9.70. The van der Waals surface area contributed by atoms with E-state index in [-0.39, 0.29) is 0 Å². The molecule has 0 aliphatic heterocycles. The summed E-state index contributed by atoms with van der Waals surface area (Å²) in [6.45, 7) is 19.6. The first kappa shape index (κ1) is 35.3. The second kappa shape index (κ2) is 18.6. The van der Waals surface area contributed by atoms with Crippen molar-refractivity contribution in [3.63, 3.8) is 0 Å². The number of rotatable bonds is 4. The predicted octanol–water partition coefficient (Wildman–Crippen LogP) is 13.4. The smallest absolute Gasteiger partial charge is 0.0152 e. The fourth-order valence-electron chi connectivity index (χ4n) is 4.62. The lowest BCUT2D eigenvalue weighted by atomic mass is 9.97. The Kier molecular flexibility index (Phi) is 14.2. The zero-order chi connectivity index (χ0) is 33.3. The summed E-state index contributed by atoms with van der Waals surface area (Å²) < 4.78 is 0. The number of aryl methyl sites for hydroxylation is 5. The maximum atomic E-state index is 3.56. The second-order valence-corrected chi connectivity index (χ2v) is 11.6. The van der Waals surface area contributed by atoms with Crippen LogP contribution in [-0.2, 0) is 0 Å². The van der Waals surface area contributed by atoms with Crippen molar-refractivity contribution in [2.45, 2.75) is 41.5 Å². The molecule has 0 aromatic heterocycles. The Morgan fingerprint density at radius 3 is 0.935 bits per heavy atom. The van der Waals surface area contributed by atoms with E-state index in [1.165, 1.54) is 61.2 Å². The molecule has 232 valence electrons. The first-order valence-corrected chi connectivity index (χ1v) is 15.8. The highest BCUT2D eigenvalue weighted by molar-refractivity contribution is 5.70. The topological polar surface area (TPSA) is 0 Å². The first-order chi connectivity index (χ1) is 22.2. The molecule has 0 bridgehead atoms. The molecule has 0 saturated carbocycles. The van der Waals surface area contributed by atoms with Crippen molar-refractivity contribution in [2.75, 3.05) is 0 Å². The lowest BCUT2D eigenvalue weighted by molar-refractivity contribution is 1.41. The summed E-state index contributed by atoms with van der Waals surface area (Å²) in [5, 5.41) is 0. The van der Waals surface area contributed by atoms with Gasteiger partial charge in [-0.25, -0.2) is 0 Å². The SMILES string of the molecule is C=CC(=C)C.Cc1ccc(-c2ccc(C)cc2)cc1.Cc1ccc(-c2ccccc2)cc1.Cc1ccccc1-c1ccccc1C. The summed E-state index contributed by atoms with van der Waals surface area (Å²) in [6.07, 6.45) is 1.72. The van der Waals surface area contributed by atoms with Gasteiger partial charge < -0.3 is 0 Å². The minimum atomic E-state index is 1.02. The molecule has 6 aromatic carbocycles. The van der Waals surface area contributed by atoms with Gasteiger partial charge in [-0.2, -0.15) is 0 Å². The minimum absolute atomic E-state index is 1.02. The highest BCUT2D eigenvalue weighted by Crippen LogP contribution is 2.26. The van der Waals surface area contributed by atoms with E-state index in [1.54, 1.807) is 6.08 Å². The molecule has 0 fully saturated rings. The molecule has 0 radical (unpaired) electrons. The van der Waals surface area contributed by atoms with E-state index in [1.807, 2.05) is 13.0 Å². The minimum Gasteiger partial charge on any atom is -0.0988 e. The molecule has 6 rings (SSSR count). The third-order valence-corrected chi connectivity index (χ3v) is 7.52. The van der Waals surface area contributed by atoms with E-state index in [4.69, 9.17) is 0 Å². The molecule has 6 aromatic rings. The van der Waals surface area contributed by atoms with Gasteiger partial charge in [-0.3, -0.25) is 0 Å². The maximum absolute atomic E-state index is 3.56. The number of hydrogen-bond donors (Lipinski definition) is 0. The predicted molar refractivity (Wildman–Crippen MR) is 204 cm³/mol. The Morgan fingerprint density at radius 1 is 0.391 bits per heavy atom. The largest absolute Gasteiger partial charge is 0.0988 e. The third kappa shape index (κ3) is 11.7. The molecule has 0 N–H and O–H groups in total. The van der Waals surface area contributed by atoms with Crippen LogP contribution in [0.25, 0.3) is 33.4 Å². The van der Waals surface area contributed by atoms with Crippen LogP contribution in [0.5, 0.6) is 0 Å². The molecule has 46 heavy (non-hydrogen) atoms. The van der Waals surface area contributed by atoms with Crippen LogP contribution in [0.3, 0.4) is 0 Å². The molecule has 0 unspecified atom stereocenters. The molecule has 0 atom stereocenters. The molecular formula is C46H48. The second-order valence-electron chi connectivity index (χ2n) is 11.6. The monoisotopic (exact) mass is 600 g/mol. The van der Waals surface area contributed by atoms with Gasteiger partial charge in [0, 0.05) is 0 Å². The molecular weight excluding hydrogens is 553 g/mol. The van der Waals surface area contributed by atoms with Gasteiger partial charge in [0.15, 0.2) is 0 Å². The summed E-state index contributed by atoms with van der Waals surface area (Å²) in [5.41, 5.74) is 15.4. The van der Waals surface area contributed by atoms with Crippen LogP contribution < -0.4 is 0 Å². The van der Waals surface area contributed by atoms with Gasteiger partial charge in [0.2, 0.25) is 0 Å². The van der Waals surface area contributed by atoms with Crippen molar-refractivity contribution >= 4 is 0 Å². The maximum Gasteiger partial charge on any atom is -0.0152 e. The summed E-state index contributed by atoms with van der Waals surface area (Å²) in [4.78, 5) is 0. The van der Waals surface area contributed by atoms with Gasteiger partial charge in [-0.05, 0) is 86.1 Å². The molecule has 0 heteroatoms. The highest BCUT2D eigenvalue weighted by Gasteiger charge is 2.02. The Hall–Kier alpha value is -5.20. The Morgan fingerprint density at radius 2 is 0.652 bits per heavy atom. The Bertz CT molecular complexity index is 1680. The van der Waals surface area contributed by atoms with Gasteiger partial charge in [0.25, 0.3) is 0 Å². The van der Waals surface area contributed by atoms with E-state index >= 15 is 0 Å². The fraction of sp³-hybridized carbons (Fsp3) is 0.130. The van der Waals surface area contributed by atoms with Crippen molar-refractivity contribution in [3.05, 3.63) is 204 Å². The van der Waals surface area contributed by atoms with Gasteiger partial charge in [0.05, 0.1) is 0 Å². The molecule has 0 aliphatic rings. The first-order valence-electron chi connectivity index (χ1n) is 15.8. The van der Waals surface area contributed by atoms with Crippen LogP contribution in [0.15, 0.2) is 176 Å². The van der Waals surface area contributed by atoms with Crippen molar-refractivity contribution in [2.24, 2.45) is 0 Å². The summed E-state index contributed by atoms with van der Waals surface area (Å²) in [5.74, 6) is 0. The summed E-state index contributed by atoms with van der Waals surface area (Å²) >= 11 is 0. The number of allylic oxidation sites excluding steroid dienone is 2. The van der Waals surface area contributed by atoms with Crippen LogP contribution in [0.1, 0.15) is 34.7 Å². The lowest BCUT2D eigenvalue weighted by Crippen LogP contribution is -1.85. The van der Waals surface area contributed by atoms with Crippen molar-refractivity contribution in [1.29, 1.82) is 0 Å². The van der Waals surface area contributed by atoms with Gasteiger partial charge in [-0.1, -0.05) is 193 Å². The van der Waals surface area contributed by atoms with Crippen LogP contribution in [-0.4, -0.2) is 0 Å². The van der Waals surface area contributed by atoms with Crippen LogP contribution in [0.4, 0.5) is 0 Å². The molecule has 0 heterocycles. The highest BCUT2D eigenvalue weighted by atomic mass is 14.1. The molecule has 0 saturated heterocycles. The van der Waals surface area contributed by atoms with E-state index in [9.17, 15) is 0 Å². The standard InChI is InChI=1S/2C14H14.C13H12.C5H8/c1-11-3-7-13(8-4-11)14-9-5-12(2)6-10-14;1-11-7-3-5-9-13(11)14-10-6-4-8-12(14)2;1-11-7-9-13(10-8-11)12-5-3-2-4-6-12;1-4-5(2)3/h2*3-10H,1-2H3;2-10H,1H3;4H,1-2H2,3H3. The van der Waals surface area contributed by atoms with Crippen LogP contribution in [0.2, 0.25) is 0 Å². The van der Waals surface area contributed by atoms with E-state index in [0.29, 0.717) is 0 Å². The zero-order valence-corrected chi connectivity index (χ0v) is 28.4. The van der Waals surface area contributed by atoms with Gasteiger partial charge in [0.1, 0.15) is 0 Å². The molecule has 0 amide bonds. The van der Waals surface area contributed by atoms with E-state index < -0.39 is 0 Å². The van der Waals surface area contributed by atoms with Gasteiger partial charge in [-0.15, -0.1) is 0 Å². The zero-order valence-electron chi connectivity index (χ0n) is 28.4. The van der Waals surface area contributed by atoms with Crippen molar-refractivity contribution < 1.29 is 0 Å². The molecule has 0 spiro atoms. The lowest BCUT2D eigenvalue weighted by Gasteiger charge is -2.08. The fourth-order valence-corrected chi connectivity index (χ4v) is 4.62. The summed E-state index contributed by atoms with van der Waals surface area (Å²) in [7, 11) is 0. The van der Waals surface area contributed by atoms with E-state index in [2.05, 4.69) is 193 Å². The average molecular weight is 601 g/mol.